The van der Waals surface area contributed by atoms with Gasteiger partial charge in [-0.15, -0.1) is 0 Å². The second-order valence-corrected chi connectivity index (χ2v) is 8.21. The fraction of sp³-hybridized carbons (Fsp3) is 0.103. The summed E-state index contributed by atoms with van der Waals surface area (Å²) in [5.74, 6) is 0. The van der Waals surface area contributed by atoms with Gasteiger partial charge in [0, 0.05) is 11.4 Å². The van der Waals surface area contributed by atoms with Gasteiger partial charge in [-0.2, -0.15) is 0 Å². The van der Waals surface area contributed by atoms with Crippen molar-refractivity contribution in [1.29, 1.82) is 0 Å². The first-order valence-electron chi connectivity index (χ1n) is 11.4. The van der Waals surface area contributed by atoms with Crippen molar-refractivity contribution in [2.24, 2.45) is 0 Å². The highest BCUT2D eigenvalue weighted by Gasteiger charge is 2.28. The Balaban J connectivity index is 1.61. The van der Waals surface area contributed by atoms with E-state index in [1.54, 1.807) is 0 Å². The number of benzene rings is 4. The van der Waals surface area contributed by atoms with Crippen molar-refractivity contribution >= 4 is 23.4 Å². The molecule has 6 heteroatoms. The number of anilines is 2. The van der Waals surface area contributed by atoms with Gasteiger partial charge in [-0.05, 0) is 42.3 Å². The Hall–Kier alpha value is -4.58. The van der Waals surface area contributed by atoms with Gasteiger partial charge in [-0.3, -0.25) is 0 Å². The van der Waals surface area contributed by atoms with Crippen LogP contribution in [0.1, 0.15) is 28.8 Å². The van der Waals surface area contributed by atoms with Gasteiger partial charge >= 0.3 is 12.1 Å². The number of rotatable bonds is 7. The molecule has 0 heterocycles. The van der Waals surface area contributed by atoms with Crippen molar-refractivity contribution in [2.75, 3.05) is 10.6 Å². The van der Waals surface area contributed by atoms with Crippen LogP contribution in [0.25, 0.3) is 0 Å². The molecule has 0 bridgehead atoms. The van der Waals surface area contributed by atoms with Crippen LogP contribution < -0.4 is 21.3 Å². The molecule has 176 valence electrons. The van der Waals surface area contributed by atoms with E-state index in [1.807, 2.05) is 122 Å². The smallest absolute Gasteiger partial charge is 0.319 e. The first-order valence-corrected chi connectivity index (χ1v) is 11.4. The molecule has 4 rings (SSSR count). The van der Waals surface area contributed by atoms with E-state index >= 15 is 0 Å². The second kappa shape index (κ2) is 11.5. The van der Waals surface area contributed by atoms with Crippen LogP contribution in [0.15, 0.2) is 115 Å². The Bertz CT molecular complexity index is 1230. The van der Waals surface area contributed by atoms with Crippen molar-refractivity contribution in [3.8, 4) is 0 Å². The molecule has 4 N–H and O–H groups in total. The predicted molar refractivity (Wildman–Crippen MR) is 140 cm³/mol. The highest BCUT2D eigenvalue weighted by atomic mass is 16.2. The summed E-state index contributed by atoms with van der Waals surface area (Å²) in [6, 6.07) is 34.2. The van der Waals surface area contributed by atoms with Crippen molar-refractivity contribution < 1.29 is 9.59 Å². The van der Waals surface area contributed by atoms with Crippen molar-refractivity contribution in [3.05, 3.63) is 132 Å². The summed E-state index contributed by atoms with van der Waals surface area (Å²) in [5, 5.41) is 11.9. The van der Waals surface area contributed by atoms with Crippen LogP contribution in [0, 0.1) is 6.92 Å². The molecule has 35 heavy (non-hydrogen) atoms. The van der Waals surface area contributed by atoms with Gasteiger partial charge in [0.1, 0.15) is 0 Å². The average Bonchev–Trinajstić information content (AvgIpc) is 2.89. The minimum atomic E-state index is -0.537. The lowest BCUT2D eigenvalue weighted by Crippen LogP contribution is -2.43. The molecule has 2 unspecified atom stereocenters. The van der Waals surface area contributed by atoms with E-state index in [2.05, 4.69) is 21.3 Å². The van der Waals surface area contributed by atoms with E-state index in [-0.39, 0.29) is 12.1 Å². The van der Waals surface area contributed by atoms with Crippen LogP contribution in [0.3, 0.4) is 0 Å². The summed E-state index contributed by atoms with van der Waals surface area (Å²) >= 11 is 0. The first kappa shape index (κ1) is 23.6. The van der Waals surface area contributed by atoms with Crippen LogP contribution in [0.2, 0.25) is 0 Å². The molecule has 0 aliphatic heterocycles. The lowest BCUT2D eigenvalue weighted by Gasteiger charge is -2.30. The number of para-hydroxylation sites is 1. The van der Waals surface area contributed by atoms with Gasteiger partial charge in [0.2, 0.25) is 0 Å². The molecular formula is C29H28N4O2. The molecule has 2 atom stereocenters. The Kier molecular flexibility index (Phi) is 7.76. The summed E-state index contributed by atoms with van der Waals surface area (Å²) in [5.41, 5.74) is 4.20. The van der Waals surface area contributed by atoms with Crippen molar-refractivity contribution in [1.82, 2.24) is 10.6 Å². The highest BCUT2D eigenvalue weighted by Crippen LogP contribution is 2.29. The standard InChI is InChI=1S/C29H28N4O2/c1-21-17-19-25(20-18-21)31-29(35)33-27(23-13-7-3-8-14-23)26(22-11-5-2-6-12-22)32-28(34)30-24-15-9-4-10-16-24/h2-20,26-27H,1H3,(H2,30,32,34)(H2,31,33,35). The molecule has 0 spiro atoms. The van der Waals surface area contributed by atoms with E-state index < -0.39 is 12.1 Å². The Morgan fingerprint density at radius 2 is 0.886 bits per heavy atom. The molecule has 6 nitrogen and oxygen atoms in total. The normalized spacial score (nSPS) is 12.1. The minimum Gasteiger partial charge on any atom is -0.329 e. The molecule has 4 amide bonds. The van der Waals surface area contributed by atoms with Crippen LogP contribution in [0.4, 0.5) is 21.0 Å². The number of carbonyl (C=O) groups excluding carboxylic acids is 2. The van der Waals surface area contributed by atoms with E-state index in [9.17, 15) is 9.59 Å². The van der Waals surface area contributed by atoms with Crippen molar-refractivity contribution in [3.63, 3.8) is 0 Å². The maximum Gasteiger partial charge on any atom is 0.319 e. The van der Waals surface area contributed by atoms with Crippen LogP contribution >= 0.6 is 0 Å². The number of urea groups is 2. The quantitative estimate of drug-likeness (QED) is 0.254. The largest absolute Gasteiger partial charge is 0.329 e. The third kappa shape index (κ3) is 6.71. The molecule has 4 aromatic rings. The molecule has 0 fully saturated rings. The average molecular weight is 465 g/mol. The Labute approximate surface area is 205 Å². The number of amides is 4. The Morgan fingerprint density at radius 1 is 0.514 bits per heavy atom. The van der Waals surface area contributed by atoms with Crippen LogP contribution in [0.5, 0.6) is 0 Å². The minimum absolute atomic E-state index is 0.367. The molecule has 0 saturated carbocycles. The summed E-state index contributed by atoms with van der Waals surface area (Å²) < 4.78 is 0. The zero-order valence-corrected chi connectivity index (χ0v) is 19.4. The molecule has 4 aromatic carbocycles. The molecular weight excluding hydrogens is 436 g/mol. The fourth-order valence-electron chi connectivity index (χ4n) is 3.81. The third-order valence-corrected chi connectivity index (χ3v) is 5.56. The fourth-order valence-corrected chi connectivity index (χ4v) is 3.81. The summed E-state index contributed by atoms with van der Waals surface area (Å²) in [4.78, 5) is 26.0. The van der Waals surface area contributed by atoms with Gasteiger partial charge in [0.15, 0.2) is 0 Å². The second-order valence-electron chi connectivity index (χ2n) is 8.21. The van der Waals surface area contributed by atoms with E-state index in [4.69, 9.17) is 0 Å². The van der Waals surface area contributed by atoms with E-state index in [1.165, 1.54) is 0 Å². The first-order chi connectivity index (χ1) is 17.1. The summed E-state index contributed by atoms with van der Waals surface area (Å²) in [7, 11) is 0. The SMILES string of the molecule is Cc1ccc(NC(=O)NC(c2ccccc2)C(NC(=O)Nc2ccccc2)c2ccccc2)cc1. The number of hydrogen-bond donors (Lipinski definition) is 4. The van der Waals surface area contributed by atoms with Gasteiger partial charge in [0.25, 0.3) is 0 Å². The highest BCUT2D eigenvalue weighted by molar-refractivity contribution is 5.91. The van der Waals surface area contributed by atoms with Gasteiger partial charge in [-0.1, -0.05) is 96.6 Å². The Morgan fingerprint density at radius 3 is 1.31 bits per heavy atom. The maximum atomic E-state index is 13.0. The summed E-state index contributed by atoms with van der Waals surface area (Å²) in [6.07, 6.45) is 0. The molecule has 0 aromatic heterocycles. The van der Waals surface area contributed by atoms with Crippen molar-refractivity contribution in [2.45, 2.75) is 19.0 Å². The maximum absolute atomic E-state index is 13.0. The lowest BCUT2D eigenvalue weighted by molar-refractivity contribution is 0.236. The lowest BCUT2D eigenvalue weighted by atomic mass is 9.93. The summed E-state index contributed by atoms with van der Waals surface area (Å²) in [6.45, 7) is 1.99. The third-order valence-electron chi connectivity index (χ3n) is 5.56. The molecule has 0 aliphatic carbocycles. The van der Waals surface area contributed by atoms with E-state index in [0.29, 0.717) is 11.4 Å². The number of carbonyl (C=O) groups is 2. The zero-order chi connectivity index (χ0) is 24.5. The van der Waals surface area contributed by atoms with Crippen LogP contribution in [-0.4, -0.2) is 12.1 Å². The van der Waals surface area contributed by atoms with Gasteiger partial charge < -0.3 is 21.3 Å². The zero-order valence-electron chi connectivity index (χ0n) is 19.4. The topological polar surface area (TPSA) is 82.3 Å². The molecule has 0 aliphatic rings. The molecule has 0 saturated heterocycles. The monoisotopic (exact) mass is 464 g/mol. The molecule has 0 radical (unpaired) electrons. The number of aryl methyl sites for hydroxylation is 1. The number of nitrogens with one attached hydrogen (secondary N) is 4. The van der Waals surface area contributed by atoms with E-state index in [0.717, 1.165) is 16.7 Å². The number of hydrogen-bond acceptors (Lipinski definition) is 2. The van der Waals surface area contributed by atoms with Gasteiger partial charge in [-0.25, -0.2) is 9.59 Å². The van der Waals surface area contributed by atoms with Gasteiger partial charge in [0.05, 0.1) is 12.1 Å². The van der Waals surface area contributed by atoms with Crippen LogP contribution in [-0.2, 0) is 0 Å². The predicted octanol–water partition coefficient (Wildman–Crippen LogP) is 6.42.